The van der Waals surface area contributed by atoms with E-state index < -0.39 is 0 Å². The molecule has 0 aromatic heterocycles. The van der Waals surface area contributed by atoms with Gasteiger partial charge < -0.3 is 30.0 Å². The molecule has 1 aliphatic rings. The van der Waals surface area contributed by atoms with Crippen molar-refractivity contribution in [2.75, 3.05) is 52.0 Å². The van der Waals surface area contributed by atoms with Gasteiger partial charge in [-0.3, -0.25) is 4.99 Å². The molecule has 1 aromatic rings. The van der Waals surface area contributed by atoms with Crippen molar-refractivity contribution in [1.29, 1.82) is 0 Å². The predicted molar refractivity (Wildman–Crippen MR) is 105 cm³/mol. The van der Waals surface area contributed by atoms with Gasteiger partial charge in [-0.1, -0.05) is 0 Å². The third-order valence-electron chi connectivity index (χ3n) is 3.18. The lowest BCUT2D eigenvalue weighted by Gasteiger charge is -2.10. The zero-order chi connectivity index (χ0) is 16.3. The Kier molecular flexibility index (Phi) is 10.5. The summed E-state index contributed by atoms with van der Waals surface area (Å²) in [6.07, 6.45) is 1.70. The van der Waals surface area contributed by atoms with Gasteiger partial charge in [0.25, 0.3) is 0 Å². The van der Waals surface area contributed by atoms with Crippen LogP contribution >= 0.6 is 24.0 Å². The largest absolute Gasteiger partial charge is 0.490 e. The highest BCUT2D eigenvalue weighted by Crippen LogP contribution is 2.32. The second-order valence-electron chi connectivity index (χ2n) is 5.06. The molecule has 0 bridgehead atoms. The van der Waals surface area contributed by atoms with E-state index in [1.54, 1.807) is 7.11 Å². The van der Waals surface area contributed by atoms with Gasteiger partial charge in [-0.15, -0.1) is 24.0 Å². The highest BCUT2D eigenvalue weighted by Gasteiger charge is 2.10. The van der Waals surface area contributed by atoms with Gasteiger partial charge in [0.15, 0.2) is 17.5 Å². The topological polar surface area (TPSA) is 87.3 Å². The number of fused-ring (bicyclic) bond motifs is 1. The molecule has 1 aliphatic heterocycles. The molecule has 0 radical (unpaired) electrons. The summed E-state index contributed by atoms with van der Waals surface area (Å²) in [6, 6.07) is 5.64. The van der Waals surface area contributed by atoms with Gasteiger partial charge in [-0.25, -0.2) is 0 Å². The molecule has 3 N–H and O–H groups in total. The van der Waals surface area contributed by atoms with Crippen molar-refractivity contribution >= 4 is 35.6 Å². The molecule has 1 heterocycles. The van der Waals surface area contributed by atoms with Gasteiger partial charge in [-0.2, -0.15) is 0 Å². The van der Waals surface area contributed by atoms with E-state index >= 15 is 0 Å². The normalized spacial score (nSPS) is 13.8. The van der Waals surface area contributed by atoms with Crippen molar-refractivity contribution in [2.24, 2.45) is 10.7 Å². The molecule has 1 aromatic carbocycles. The van der Waals surface area contributed by atoms with Crippen LogP contribution in [0.1, 0.15) is 12.8 Å². The Hall–Kier alpha value is -1.26. The van der Waals surface area contributed by atoms with Gasteiger partial charge in [0.05, 0.1) is 26.4 Å². The fraction of sp³-hybridized carbons (Fsp3) is 0.562. The van der Waals surface area contributed by atoms with Crippen molar-refractivity contribution in [3.8, 4) is 11.5 Å². The molecular weight excluding hydrogens is 425 g/mol. The number of ether oxygens (including phenoxy) is 4. The van der Waals surface area contributed by atoms with Crippen LogP contribution in [0.4, 0.5) is 5.69 Å². The molecule has 0 spiro atoms. The van der Waals surface area contributed by atoms with Crippen molar-refractivity contribution < 1.29 is 18.9 Å². The van der Waals surface area contributed by atoms with Gasteiger partial charge in [0, 0.05) is 38.4 Å². The molecule has 0 fully saturated rings. The Morgan fingerprint density at radius 2 is 2.00 bits per heavy atom. The summed E-state index contributed by atoms with van der Waals surface area (Å²) in [5, 5.41) is 3.06. The van der Waals surface area contributed by atoms with Gasteiger partial charge >= 0.3 is 0 Å². The van der Waals surface area contributed by atoms with E-state index in [1.807, 2.05) is 18.2 Å². The minimum Gasteiger partial charge on any atom is -0.490 e. The molecule has 0 amide bonds. The number of nitrogens with one attached hydrogen (secondary N) is 1. The summed E-state index contributed by atoms with van der Waals surface area (Å²) in [6.45, 7) is 3.79. The average Bonchev–Trinajstić information content (AvgIpc) is 2.79. The van der Waals surface area contributed by atoms with E-state index in [4.69, 9.17) is 24.7 Å². The van der Waals surface area contributed by atoms with Crippen molar-refractivity contribution in [3.05, 3.63) is 18.2 Å². The van der Waals surface area contributed by atoms with Crippen LogP contribution in [0.2, 0.25) is 0 Å². The van der Waals surface area contributed by atoms with E-state index in [9.17, 15) is 0 Å². The molecular formula is C16H26IN3O4. The first-order chi connectivity index (χ1) is 11.3. The number of aliphatic imine (C=N–C) groups is 1. The fourth-order valence-electron chi connectivity index (χ4n) is 2.04. The molecule has 24 heavy (non-hydrogen) atoms. The Balaban J connectivity index is 0.00000288. The quantitative estimate of drug-likeness (QED) is 0.273. The lowest BCUT2D eigenvalue weighted by atomic mass is 10.3. The van der Waals surface area contributed by atoms with Crippen molar-refractivity contribution in [2.45, 2.75) is 12.8 Å². The number of hydrogen-bond donors (Lipinski definition) is 2. The number of guanidine groups is 1. The van der Waals surface area contributed by atoms with E-state index in [1.165, 1.54) is 0 Å². The lowest BCUT2D eigenvalue weighted by Crippen LogP contribution is -2.23. The van der Waals surface area contributed by atoms with Gasteiger partial charge in [0.2, 0.25) is 0 Å². The number of methoxy groups -OCH3 is 1. The zero-order valence-electron chi connectivity index (χ0n) is 14.0. The minimum absolute atomic E-state index is 0. The zero-order valence-corrected chi connectivity index (χ0v) is 16.3. The SMILES string of the molecule is COCCOCCCN=C(N)Nc1ccc2c(c1)OCCCO2.I. The molecule has 0 saturated carbocycles. The first-order valence-electron chi connectivity index (χ1n) is 7.83. The highest BCUT2D eigenvalue weighted by atomic mass is 127. The van der Waals surface area contributed by atoms with E-state index in [-0.39, 0.29) is 24.0 Å². The summed E-state index contributed by atoms with van der Waals surface area (Å²) < 4.78 is 21.5. The maximum atomic E-state index is 5.88. The van der Waals surface area contributed by atoms with Crippen molar-refractivity contribution in [1.82, 2.24) is 0 Å². The fourth-order valence-corrected chi connectivity index (χ4v) is 2.04. The number of nitrogens with zero attached hydrogens (tertiary/aromatic N) is 1. The standard InChI is InChI=1S/C16H25N3O4.HI/c1-20-10-11-21-7-2-6-18-16(17)19-13-4-5-14-15(12-13)23-9-3-8-22-14;/h4-5,12H,2-3,6-11H2,1H3,(H3,17,18,19);1H. The molecule has 7 nitrogen and oxygen atoms in total. The monoisotopic (exact) mass is 451 g/mol. The summed E-state index contributed by atoms with van der Waals surface area (Å²) in [5.41, 5.74) is 6.71. The molecule has 0 unspecified atom stereocenters. The first kappa shape index (κ1) is 20.8. The summed E-state index contributed by atoms with van der Waals surface area (Å²) in [7, 11) is 1.65. The molecule has 136 valence electrons. The number of benzene rings is 1. The molecule has 0 aliphatic carbocycles. The summed E-state index contributed by atoms with van der Waals surface area (Å²) >= 11 is 0. The maximum absolute atomic E-state index is 5.88. The van der Waals surface area contributed by atoms with E-state index in [0.29, 0.717) is 45.5 Å². The number of nitrogens with two attached hydrogens (primary N) is 1. The second kappa shape index (κ2) is 12.2. The number of halogens is 1. The molecule has 0 atom stereocenters. The number of anilines is 1. The Labute approximate surface area is 159 Å². The average molecular weight is 451 g/mol. The maximum Gasteiger partial charge on any atom is 0.193 e. The molecule has 0 saturated heterocycles. The van der Waals surface area contributed by atoms with Crippen LogP contribution < -0.4 is 20.5 Å². The number of rotatable bonds is 8. The number of hydrogen-bond acceptors (Lipinski definition) is 5. The van der Waals surface area contributed by atoms with E-state index in [0.717, 1.165) is 30.0 Å². The molecule has 2 rings (SSSR count). The smallest absolute Gasteiger partial charge is 0.193 e. The summed E-state index contributed by atoms with van der Waals surface area (Å²) in [5.74, 6) is 1.86. The third-order valence-corrected chi connectivity index (χ3v) is 3.18. The van der Waals surface area contributed by atoms with Crippen LogP contribution in [-0.2, 0) is 9.47 Å². The predicted octanol–water partition coefficient (Wildman–Crippen LogP) is 2.25. The second-order valence-corrected chi connectivity index (χ2v) is 5.06. The summed E-state index contributed by atoms with van der Waals surface area (Å²) in [4.78, 5) is 4.27. The lowest BCUT2D eigenvalue weighted by molar-refractivity contribution is 0.0702. The Morgan fingerprint density at radius 3 is 2.79 bits per heavy atom. The minimum atomic E-state index is 0. The van der Waals surface area contributed by atoms with Crippen LogP contribution in [0.3, 0.4) is 0 Å². The Morgan fingerprint density at radius 1 is 1.21 bits per heavy atom. The van der Waals surface area contributed by atoms with Crippen LogP contribution in [0, 0.1) is 0 Å². The highest BCUT2D eigenvalue weighted by molar-refractivity contribution is 14.0. The van der Waals surface area contributed by atoms with Crippen molar-refractivity contribution in [3.63, 3.8) is 0 Å². The van der Waals surface area contributed by atoms with Gasteiger partial charge in [-0.05, 0) is 18.6 Å². The van der Waals surface area contributed by atoms with Gasteiger partial charge in [0.1, 0.15) is 0 Å². The van der Waals surface area contributed by atoms with E-state index in [2.05, 4.69) is 10.3 Å². The Bertz CT molecular complexity index is 514. The molecule has 8 heteroatoms. The van der Waals surface area contributed by atoms with Crippen LogP contribution in [0.15, 0.2) is 23.2 Å². The first-order valence-corrected chi connectivity index (χ1v) is 7.83. The third kappa shape index (κ3) is 7.54. The van der Waals surface area contributed by atoms with Crippen LogP contribution in [0.5, 0.6) is 11.5 Å². The van der Waals surface area contributed by atoms with Crippen LogP contribution in [0.25, 0.3) is 0 Å². The van der Waals surface area contributed by atoms with Crippen LogP contribution in [-0.4, -0.2) is 52.6 Å².